The summed E-state index contributed by atoms with van der Waals surface area (Å²) >= 11 is 0. The largest absolute Gasteiger partial charge is 0.392 e. The molecule has 0 fully saturated rings. The Balaban J connectivity index is 2.33. The van der Waals surface area contributed by atoms with Gasteiger partial charge in [0.1, 0.15) is 5.82 Å². The van der Waals surface area contributed by atoms with Crippen LogP contribution in [0.15, 0.2) is 0 Å². The number of fused-ring (bicyclic) bond motifs is 1. The van der Waals surface area contributed by atoms with E-state index in [9.17, 15) is 5.11 Å². The van der Waals surface area contributed by atoms with E-state index in [1.165, 1.54) is 24.2 Å². The lowest BCUT2D eigenvalue weighted by Gasteiger charge is -2.15. The van der Waals surface area contributed by atoms with E-state index >= 15 is 0 Å². The Kier molecular flexibility index (Phi) is 2.59. The van der Waals surface area contributed by atoms with E-state index < -0.39 is 0 Å². The fourth-order valence-corrected chi connectivity index (χ4v) is 2.24. The van der Waals surface area contributed by atoms with E-state index in [0.29, 0.717) is 6.54 Å². The van der Waals surface area contributed by atoms with E-state index in [4.69, 9.17) is 0 Å². The second kappa shape index (κ2) is 3.73. The highest BCUT2D eigenvalue weighted by molar-refractivity contribution is 5.19. The maximum atomic E-state index is 9.40. The molecule has 14 heavy (non-hydrogen) atoms. The van der Waals surface area contributed by atoms with Gasteiger partial charge < -0.3 is 9.67 Å². The summed E-state index contributed by atoms with van der Waals surface area (Å²) < 4.78 is 2.18. The fraction of sp³-hybridized carbons (Fsp3) is 0.727. The average Bonchev–Trinajstić information content (AvgIpc) is 2.43. The molecule has 1 N–H and O–H groups in total. The molecule has 1 unspecified atom stereocenters. The smallest absolute Gasteiger partial charge is 0.106 e. The lowest BCUT2D eigenvalue weighted by atomic mass is 10.0. The Labute approximate surface area is 84.8 Å². The SMILES string of the molecule is Cc1nc2c(n1CC(C)O)CCCC2. The van der Waals surface area contributed by atoms with Gasteiger partial charge in [-0.1, -0.05) is 0 Å². The molecule has 1 aromatic rings. The van der Waals surface area contributed by atoms with Crippen LogP contribution in [0.1, 0.15) is 37.0 Å². The first-order valence-electron chi connectivity index (χ1n) is 5.41. The quantitative estimate of drug-likeness (QED) is 0.774. The highest BCUT2D eigenvalue weighted by Crippen LogP contribution is 2.22. The van der Waals surface area contributed by atoms with Gasteiger partial charge in [-0.15, -0.1) is 0 Å². The molecule has 0 bridgehead atoms. The molecule has 78 valence electrons. The molecule has 2 rings (SSSR count). The van der Waals surface area contributed by atoms with Crippen molar-refractivity contribution >= 4 is 0 Å². The van der Waals surface area contributed by atoms with Crippen LogP contribution in [0.2, 0.25) is 0 Å². The molecule has 0 amide bonds. The summed E-state index contributed by atoms with van der Waals surface area (Å²) in [4.78, 5) is 4.56. The van der Waals surface area contributed by atoms with Gasteiger partial charge >= 0.3 is 0 Å². The lowest BCUT2D eigenvalue weighted by Crippen LogP contribution is -2.16. The van der Waals surface area contributed by atoms with Crippen molar-refractivity contribution in [2.45, 2.75) is 52.2 Å². The molecule has 1 atom stereocenters. The zero-order valence-electron chi connectivity index (χ0n) is 8.95. The van der Waals surface area contributed by atoms with Gasteiger partial charge in [0.25, 0.3) is 0 Å². The summed E-state index contributed by atoms with van der Waals surface area (Å²) in [6.07, 6.45) is 4.48. The normalized spacial score (nSPS) is 17.9. The van der Waals surface area contributed by atoms with Crippen LogP contribution < -0.4 is 0 Å². The maximum absolute atomic E-state index is 9.40. The average molecular weight is 194 g/mol. The van der Waals surface area contributed by atoms with Crippen LogP contribution in [0.4, 0.5) is 0 Å². The number of rotatable bonds is 2. The van der Waals surface area contributed by atoms with Gasteiger partial charge in [0.2, 0.25) is 0 Å². The zero-order valence-corrected chi connectivity index (χ0v) is 8.95. The fourth-order valence-electron chi connectivity index (χ4n) is 2.24. The standard InChI is InChI=1S/C11H18N2O/c1-8(14)7-13-9(2)12-10-5-3-4-6-11(10)13/h8,14H,3-7H2,1-2H3. The predicted molar refractivity (Wildman–Crippen MR) is 55.3 cm³/mol. The lowest BCUT2D eigenvalue weighted by molar-refractivity contribution is 0.171. The van der Waals surface area contributed by atoms with Crippen LogP contribution >= 0.6 is 0 Å². The molecular weight excluding hydrogens is 176 g/mol. The summed E-state index contributed by atoms with van der Waals surface area (Å²) in [5.74, 6) is 1.05. The molecule has 0 spiro atoms. The minimum atomic E-state index is -0.283. The summed E-state index contributed by atoms with van der Waals surface area (Å²) in [5.41, 5.74) is 2.61. The molecule has 1 aromatic heterocycles. The van der Waals surface area contributed by atoms with E-state index in [-0.39, 0.29) is 6.10 Å². The van der Waals surface area contributed by atoms with E-state index in [1.54, 1.807) is 0 Å². The number of aliphatic hydroxyl groups excluding tert-OH is 1. The number of hydrogen-bond acceptors (Lipinski definition) is 2. The van der Waals surface area contributed by atoms with Gasteiger partial charge in [-0.05, 0) is 39.5 Å². The van der Waals surface area contributed by atoms with Crippen LogP contribution in [-0.2, 0) is 19.4 Å². The van der Waals surface area contributed by atoms with E-state index in [0.717, 1.165) is 18.7 Å². The molecule has 1 aliphatic rings. The number of imidazole rings is 1. The van der Waals surface area contributed by atoms with Gasteiger partial charge in [-0.2, -0.15) is 0 Å². The molecule has 3 heteroatoms. The van der Waals surface area contributed by atoms with Crippen molar-refractivity contribution in [3.63, 3.8) is 0 Å². The van der Waals surface area contributed by atoms with Gasteiger partial charge in [0.15, 0.2) is 0 Å². The van der Waals surface area contributed by atoms with Crippen molar-refractivity contribution in [3.05, 3.63) is 17.2 Å². The first-order chi connectivity index (χ1) is 6.68. The molecule has 0 radical (unpaired) electrons. The Morgan fingerprint density at radius 2 is 2.14 bits per heavy atom. The maximum Gasteiger partial charge on any atom is 0.106 e. The van der Waals surface area contributed by atoms with Crippen LogP contribution in [0, 0.1) is 6.92 Å². The summed E-state index contributed by atoms with van der Waals surface area (Å²) in [6.45, 7) is 4.55. The van der Waals surface area contributed by atoms with Crippen molar-refractivity contribution in [2.24, 2.45) is 0 Å². The minimum absolute atomic E-state index is 0.283. The monoisotopic (exact) mass is 194 g/mol. The zero-order chi connectivity index (χ0) is 10.1. The summed E-state index contributed by atoms with van der Waals surface area (Å²) in [7, 11) is 0. The minimum Gasteiger partial charge on any atom is -0.392 e. The van der Waals surface area contributed by atoms with Crippen LogP contribution in [0.3, 0.4) is 0 Å². The van der Waals surface area contributed by atoms with E-state index in [1.807, 2.05) is 13.8 Å². The van der Waals surface area contributed by atoms with E-state index in [2.05, 4.69) is 9.55 Å². The molecular formula is C11H18N2O. The van der Waals surface area contributed by atoms with Crippen molar-refractivity contribution < 1.29 is 5.11 Å². The topological polar surface area (TPSA) is 38.0 Å². The van der Waals surface area contributed by atoms with Crippen LogP contribution in [0.5, 0.6) is 0 Å². The molecule has 0 aromatic carbocycles. The highest BCUT2D eigenvalue weighted by atomic mass is 16.3. The van der Waals surface area contributed by atoms with Crippen LogP contribution in [0.25, 0.3) is 0 Å². The Morgan fingerprint density at radius 3 is 2.86 bits per heavy atom. The molecule has 0 saturated heterocycles. The summed E-state index contributed by atoms with van der Waals surface area (Å²) in [5, 5.41) is 9.40. The van der Waals surface area contributed by atoms with Gasteiger partial charge in [-0.25, -0.2) is 4.98 Å². The van der Waals surface area contributed by atoms with Crippen molar-refractivity contribution in [3.8, 4) is 0 Å². The van der Waals surface area contributed by atoms with Gasteiger partial charge in [-0.3, -0.25) is 0 Å². The number of aryl methyl sites for hydroxylation is 2. The second-order valence-corrected chi connectivity index (χ2v) is 4.22. The third-order valence-electron chi connectivity index (χ3n) is 2.87. The number of aliphatic hydroxyl groups is 1. The van der Waals surface area contributed by atoms with Crippen LogP contribution in [-0.4, -0.2) is 20.8 Å². The Morgan fingerprint density at radius 1 is 1.43 bits per heavy atom. The Hall–Kier alpha value is -0.830. The Bertz CT molecular complexity index is 328. The molecule has 0 aliphatic heterocycles. The van der Waals surface area contributed by atoms with Crippen molar-refractivity contribution in [1.82, 2.24) is 9.55 Å². The summed E-state index contributed by atoms with van der Waals surface area (Å²) in [6, 6.07) is 0. The van der Waals surface area contributed by atoms with Gasteiger partial charge in [0.05, 0.1) is 11.8 Å². The predicted octanol–water partition coefficient (Wildman–Crippen LogP) is 1.45. The molecule has 1 heterocycles. The number of nitrogens with zero attached hydrogens (tertiary/aromatic N) is 2. The third-order valence-corrected chi connectivity index (χ3v) is 2.87. The van der Waals surface area contributed by atoms with Crippen molar-refractivity contribution in [1.29, 1.82) is 0 Å². The molecule has 0 saturated carbocycles. The molecule has 3 nitrogen and oxygen atoms in total. The highest BCUT2D eigenvalue weighted by Gasteiger charge is 2.18. The van der Waals surface area contributed by atoms with Crippen molar-refractivity contribution in [2.75, 3.05) is 0 Å². The second-order valence-electron chi connectivity index (χ2n) is 4.22. The van der Waals surface area contributed by atoms with Gasteiger partial charge in [0, 0.05) is 12.2 Å². The third kappa shape index (κ3) is 1.69. The number of hydrogen-bond donors (Lipinski definition) is 1. The number of aromatic nitrogens is 2. The first-order valence-corrected chi connectivity index (χ1v) is 5.41. The molecule has 1 aliphatic carbocycles. The first kappa shape index (κ1) is 9.71.